The Hall–Kier alpha value is -1.82. The zero-order chi connectivity index (χ0) is 14.0. The number of pyridine rings is 1. The standard InChI is InChI=1S/C13H16N4OS/c1-7-5-15-10(9(3)12(7)14)6-19-13-16-8(2)4-11(18)17-13/h4-5H,6H2,1-3H3,(H2,14,15)(H,16,17,18). The maximum atomic E-state index is 11.3. The zero-order valence-electron chi connectivity index (χ0n) is 11.2. The van der Waals surface area contributed by atoms with E-state index in [1.165, 1.54) is 17.8 Å². The van der Waals surface area contributed by atoms with Crippen LogP contribution in [0.25, 0.3) is 0 Å². The van der Waals surface area contributed by atoms with Crippen LogP contribution < -0.4 is 11.3 Å². The van der Waals surface area contributed by atoms with E-state index in [4.69, 9.17) is 5.73 Å². The van der Waals surface area contributed by atoms with Crippen LogP contribution in [0.3, 0.4) is 0 Å². The van der Waals surface area contributed by atoms with E-state index in [1.807, 2.05) is 13.8 Å². The van der Waals surface area contributed by atoms with Crippen LogP contribution in [0.1, 0.15) is 22.5 Å². The van der Waals surface area contributed by atoms with Crippen LogP contribution in [0.2, 0.25) is 0 Å². The van der Waals surface area contributed by atoms with Crippen molar-refractivity contribution in [3.8, 4) is 0 Å². The minimum Gasteiger partial charge on any atom is -0.398 e. The summed E-state index contributed by atoms with van der Waals surface area (Å²) in [6.45, 7) is 5.69. The molecule has 0 aromatic carbocycles. The predicted octanol–water partition coefficient (Wildman–Crippen LogP) is 1.96. The number of aryl methyl sites for hydroxylation is 2. The second-order valence-corrected chi connectivity index (χ2v) is 5.37. The molecule has 100 valence electrons. The summed E-state index contributed by atoms with van der Waals surface area (Å²) in [6, 6.07) is 1.47. The van der Waals surface area contributed by atoms with Crippen LogP contribution in [0, 0.1) is 20.8 Å². The normalized spacial score (nSPS) is 10.7. The van der Waals surface area contributed by atoms with Crippen molar-refractivity contribution in [2.24, 2.45) is 0 Å². The first kappa shape index (κ1) is 13.6. The Kier molecular flexibility index (Phi) is 3.90. The molecule has 2 heterocycles. The second kappa shape index (κ2) is 5.44. The predicted molar refractivity (Wildman–Crippen MR) is 77.3 cm³/mol. The van der Waals surface area contributed by atoms with Crippen LogP contribution in [0.5, 0.6) is 0 Å². The summed E-state index contributed by atoms with van der Waals surface area (Å²) in [5, 5.41) is 0.602. The summed E-state index contributed by atoms with van der Waals surface area (Å²) in [7, 11) is 0. The number of H-pyrrole nitrogens is 1. The molecule has 0 radical (unpaired) electrons. The van der Waals surface area contributed by atoms with Crippen molar-refractivity contribution in [1.29, 1.82) is 0 Å². The Bertz CT molecular complexity index is 666. The molecule has 0 unspecified atom stereocenters. The molecular formula is C13H16N4OS. The Morgan fingerprint density at radius 2 is 2.11 bits per heavy atom. The highest BCUT2D eigenvalue weighted by Crippen LogP contribution is 2.23. The Morgan fingerprint density at radius 3 is 2.79 bits per heavy atom. The number of rotatable bonds is 3. The quantitative estimate of drug-likeness (QED) is 0.661. The van der Waals surface area contributed by atoms with E-state index in [0.717, 1.165) is 22.5 Å². The Balaban J connectivity index is 2.19. The van der Waals surface area contributed by atoms with Crippen molar-refractivity contribution in [3.05, 3.63) is 45.1 Å². The van der Waals surface area contributed by atoms with Gasteiger partial charge in [-0.2, -0.15) is 0 Å². The average molecular weight is 276 g/mol. The van der Waals surface area contributed by atoms with E-state index in [9.17, 15) is 4.79 Å². The minimum atomic E-state index is -0.136. The Morgan fingerprint density at radius 1 is 1.37 bits per heavy atom. The molecule has 0 aliphatic heterocycles. The molecule has 0 saturated heterocycles. The molecule has 5 nitrogen and oxygen atoms in total. The van der Waals surface area contributed by atoms with Crippen molar-refractivity contribution < 1.29 is 0 Å². The molecule has 0 spiro atoms. The second-order valence-electron chi connectivity index (χ2n) is 4.41. The summed E-state index contributed by atoms with van der Waals surface area (Å²) < 4.78 is 0. The fourth-order valence-corrected chi connectivity index (χ4v) is 2.64. The number of anilines is 1. The molecule has 2 rings (SSSR count). The monoisotopic (exact) mass is 276 g/mol. The topological polar surface area (TPSA) is 84.7 Å². The molecule has 0 amide bonds. The number of nitrogens with one attached hydrogen (secondary N) is 1. The largest absolute Gasteiger partial charge is 0.398 e. The van der Waals surface area contributed by atoms with E-state index in [-0.39, 0.29) is 5.56 Å². The highest BCUT2D eigenvalue weighted by molar-refractivity contribution is 7.98. The lowest BCUT2D eigenvalue weighted by molar-refractivity contribution is 0.903. The summed E-state index contributed by atoms with van der Waals surface area (Å²) in [5.74, 6) is 0.628. The number of hydrogen-bond acceptors (Lipinski definition) is 5. The number of aromatic nitrogens is 3. The molecule has 3 N–H and O–H groups in total. The molecule has 2 aromatic rings. The van der Waals surface area contributed by atoms with Gasteiger partial charge in [0, 0.05) is 29.4 Å². The Labute approximate surface area is 115 Å². The van der Waals surface area contributed by atoms with Crippen LogP contribution in [0.4, 0.5) is 5.69 Å². The number of nitrogens with zero attached hydrogens (tertiary/aromatic N) is 2. The van der Waals surface area contributed by atoms with Gasteiger partial charge in [-0.1, -0.05) is 11.8 Å². The van der Waals surface area contributed by atoms with Gasteiger partial charge in [-0.25, -0.2) is 4.98 Å². The number of thioether (sulfide) groups is 1. The number of hydrogen-bond donors (Lipinski definition) is 2. The lowest BCUT2D eigenvalue weighted by Gasteiger charge is -2.09. The third-order valence-corrected chi connectivity index (χ3v) is 3.75. The molecule has 6 heteroatoms. The van der Waals surface area contributed by atoms with Crippen molar-refractivity contribution in [2.75, 3.05) is 5.73 Å². The van der Waals surface area contributed by atoms with Crippen molar-refractivity contribution in [2.45, 2.75) is 31.7 Å². The van der Waals surface area contributed by atoms with E-state index in [0.29, 0.717) is 16.6 Å². The van der Waals surface area contributed by atoms with Gasteiger partial charge in [0.05, 0.1) is 5.69 Å². The van der Waals surface area contributed by atoms with Gasteiger partial charge >= 0.3 is 0 Å². The van der Waals surface area contributed by atoms with E-state index in [2.05, 4.69) is 15.0 Å². The lowest BCUT2D eigenvalue weighted by Crippen LogP contribution is -2.08. The summed E-state index contributed by atoms with van der Waals surface area (Å²) in [6.07, 6.45) is 1.77. The molecule has 0 saturated carbocycles. The SMILES string of the molecule is Cc1cc(=O)[nH]c(SCc2ncc(C)c(N)c2C)n1. The molecule has 0 bridgehead atoms. The van der Waals surface area contributed by atoms with Gasteiger partial charge in [0.15, 0.2) is 5.16 Å². The van der Waals surface area contributed by atoms with Crippen molar-refractivity contribution in [1.82, 2.24) is 15.0 Å². The van der Waals surface area contributed by atoms with Gasteiger partial charge in [-0.05, 0) is 31.9 Å². The summed E-state index contributed by atoms with van der Waals surface area (Å²) in [5.41, 5.74) is 10.2. The number of nitrogens with two attached hydrogens (primary N) is 1. The van der Waals surface area contributed by atoms with Crippen molar-refractivity contribution in [3.63, 3.8) is 0 Å². The van der Waals surface area contributed by atoms with Gasteiger partial charge in [0.2, 0.25) is 0 Å². The summed E-state index contributed by atoms with van der Waals surface area (Å²) in [4.78, 5) is 22.7. The molecule has 19 heavy (non-hydrogen) atoms. The first-order valence-corrected chi connectivity index (χ1v) is 6.87. The molecular weight excluding hydrogens is 260 g/mol. The van der Waals surface area contributed by atoms with E-state index < -0.39 is 0 Å². The molecule has 2 aromatic heterocycles. The van der Waals surface area contributed by atoms with Gasteiger partial charge in [0.1, 0.15) is 0 Å². The fraction of sp³-hybridized carbons (Fsp3) is 0.308. The first-order valence-electron chi connectivity index (χ1n) is 5.88. The first-order chi connectivity index (χ1) is 8.97. The van der Waals surface area contributed by atoms with Crippen LogP contribution in [-0.4, -0.2) is 15.0 Å². The lowest BCUT2D eigenvalue weighted by atomic mass is 10.1. The number of nitrogen functional groups attached to an aromatic ring is 1. The van der Waals surface area contributed by atoms with Crippen LogP contribution in [0.15, 0.2) is 22.2 Å². The van der Waals surface area contributed by atoms with Crippen molar-refractivity contribution >= 4 is 17.4 Å². The van der Waals surface area contributed by atoms with E-state index in [1.54, 1.807) is 13.1 Å². The average Bonchev–Trinajstić information content (AvgIpc) is 2.34. The van der Waals surface area contributed by atoms with E-state index >= 15 is 0 Å². The van der Waals surface area contributed by atoms with Gasteiger partial charge in [-0.3, -0.25) is 9.78 Å². The molecule has 0 aliphatic carbocycles. The third kappa shape index (κ3) is 3.14. The van der Waals surface area contributed by atoms with Gasteiger partial charge in [-0.15, -0.1) is 0 Å². The maximum Gasteiger partial charge on any atom is 0.251 e. The number of aromatic amines is 1. The highest BCUT2D eigenvalue weighted by Gasteiger charge is 2.08. The highest BCUT2D eigenvalue weighted by atomic mass is 32.2. The molecule has 0 fully saturated rings. The van der Waals surface area contributed by atoms with Crippen LogP contribution in [-0.2, 0) is 5.75 Å². The fourth-order valence-electron chi connectivity index (χ4n) is 1.69. The minimum absolute atomic E-state index is 0.136. The summed E-state index contributed by atoms with van der Waals surface area (Å²) >= 11 is 1.45. The third-order valence-electron chi connectivity index (χ3n) is 2.87. The molecule has 0 aliphatic rings. The van der Waals surface area contributed by atoms with Crippen LogP contribution >= 0.6 is 11.8 Å². The smallest absolute Gasteiger partial charge is 0.251 e. The zero-order valence-corrected chi connectivity index (χ0v) is 12.0. The molecule has 0 atom stereocenters. The van der Waals surface area contributed by atoms with Gasteiger partial charge < -0.3 is 10.7 Å². The maximum absolute atomic E-state index is 11.3. The van der Waals surface area contributed by atoms with Gasteiger partial charge in [0.25, 0.3) is 5.56 Å².